The molecule has 184 valence electrons. The topological polar surface area (TPSA) is 80.5 Å². The number of hydrogen-bond donors (Lipinski definition) is 1. The second kappa shape index (κ2) is 11.1. The van der Waals surface area contributed by atoms with Gasteiger partial charge in [-0.1, -0.05) is 35.9 Å². The van der Waals surface area contributed by atoms with Crippen molar-refractivity contribution >= 4 is 23.6 Å². The molecule has 0 spiro atoms. The summed E-state index contributed by atoms with van der Waals surface area (Å²) in [6, 6.07) is 10.3. The molecule has 35 heavy (non-hydrogen) atoms. The van der Waals surface area contributed by atoms with Crippen LogP contribution >= 0.6 is 11.6 Å². The number of carbonyl (C=O) groups is 1. The van der Waals surface area contributed by atoms with E-state index in [9.17, 15) is 18.7 Å². The number of ether oxygens (including phenoxy) is 1. The van der Waals surface area contributed by atoms with Gasteiger partial charge in [0.15, 0.2) is 0 Å². The van der Waals surface area contributed by atoms with Crippen LogP contribution < -0.4 is 0 Å². The van der Waals surface area contributed by atoms with Crippen LogP contribution in [-0.4, -0.2) is 56.5 Å². The van der Waals surface area contributed by atoms with Crippen molar-refractivity contribution in [3.8, 4) is 0 Å². The molecular formula is C25H25ClF2N4O3. The maximum Gasteiger partial charge on any atom is 0.331 e. The summed E-state index contributed by atoms with van der Waals surface area (Å²) in [6.07, 6.45) is 6.54. The average Bonchev–Trinajstić information content (AvgIpc) is 3.32. The summed E-state index contributed by atoms with van der Waals surface area (Å²) in [6.45, 7) is 1.07. The van der Waals surface area contributed by atoms with Crippen molar-refractivity contribution in [2.24, 2.45) is 0 Å². The highest BCUT2D eigenvalue weighted by atomic mass is 35.5. The van der Waals surface area contributed by atoms with E-state index in [4.69, 9.17) is 16.3 Å². The van der Waals surface area contributed by atoms with Crippen LogP contribution in [0.3, 0.4) is 0 Å². The van der Waals surface area contributed by atoms with Crippen LogP contribution in [0.5, 0.6) is 0 Å². The number of likely N-dealkylation sites (tertiary alicyclic amines) is 1. The van der Waals surface area contributed by atoms with E-state index in [-0.39, 0.29) is 24.8 Å². The van der Waals surface area contributed by atoms with Gasteiger partial charge < -0.3 is 9.84 Å². The lowest BCUT2D eigenvalue weighted by Gasteiger charge is -2.38. The first-order valence-electron chi connectivity index (χ1n) is 11.2. The fourth-order valence-electron chi connectivity index (χ4n) is 4.20. The third-order valence-corrected chi connectivity index (χ3v) is 6.27. The summed E-state index contributed by atoms with van der Waals surface area (Å²) in [5.74, 6) is -2.01. The van der Waals surface area contributed by atoms with Gasteiger partial charge in [0.1, 0.15) is 36.0 Å². The SMILES string of the molecule is O=C(/C=C/c1ccccc1Cl)OC1CCN(CC(O)(Cn2cncn2)c2ccc(F)cc2F)CC1. The minimum atomic E-state index is -1.67. The number of rotatable bonds is 8. The van der Waals surface area contributed by atoms with E-state index in [1.54, 1.807) is 18.2 Å². The molecule has 10 heteroatoms. The van der Waals surface area contributed by atoms with E-state index in [0.717, 1.165) is 17.7 Å². The van der Waals surface area contributed by atoms with Crippen LogP contribution in [0.2, 0.25) is 5.02 Å². The average molecular weight is 503 g/mol. The molecular weight excluding hydrogens is 478 g/mol. The smallest absolute Gasteiger partial charge is 0.331 e. The summed E-state index contributed by atoms with van der Waals surface area (Å²) in [5.41, 5.74) is -0.972. The molecule has 4 rings (SSSR count). The number of carbonyl (C=O) groups excluding carboxylic acids is 1. The maximum absolute atomic E-state index is 14.6. The number of β-amino-alcohol motifs (C(OH)–C–C–N with tert-alkyl or cyclic N) is 1. The molecule has 0 bridgehead atoms. The molecule has 0 radical (unpaired) electrons. The molecule has 0 aliphatic carbocycles. The normalized spacial score (nSPS) is 16.9. The Hall–Kier alpha value is -3.14. The monoisotopic (exact) mass is 502 g/mol. The number of aromatic nitrogens is 3. The number of nitrogens with zero attached hydrogens (tertiary/aromatic N) is 4. The number of benzene rings is 2. The number of esters is 1. The molecule has 1 unspecified atom stereocenters. The van der Waals surface area contributed by atoms with Crippen LogP contribution in [0.1, 0.15) is 24.0 Å². The lowest BCUT2D eigenvalue weighted by molar-refractivity contribution is -0.145. The van der Waals surface area contributed by atoms with Crippen LogP contribution in [0.25, 0.3) is 6.08 Å². The molecule has 7 nitrogen and oxygen atoms in total. The van der Waals surface area contributed by atoms with Crippen molar-refractivity contribution in [3.63, 3.8) is 0 Å². The number of hydrogen-bond acceptors (Lipinski definition) is 6. The van der Waals surface area contributed by atoms with E-state index < -0.39 is 23.2 Å². The highest BCUT2D eigenvalue weighted by Gasteiger charge is 2.37. The van der Waals surface area contributed by atoms with E-state index in [1.165, 1.54) is 29.5 Å². The van der Waals surface area contributed by atoms with Gasteiger partial charge in [-0.05, 0) is 36.6 Å². The van der Waals surface area contributed by atoms with Gasteiger partial charge in [-0.15, -0.1) is 0 Å². The second-order valence-electron chi connectivity index (χ2n) is 8.52. The zero-order chi connectivity index (χ0) is 24.8. The summed E-state index contributed by atoms with van der Waals surface area (Å²) in [4.78, 5) is 18.1. The third-order valence-electron chi connectivity index (χ3n) is 5.93. The first-order valence-corrected chi connectivity index (χ1v) is 11.6. The zero-order valence-electron chi connectivity index (χ0n) is 18.9. The van der Waals surface area contributed by atoms with Gasteiger partial charge in [0, 0.05) is 42.4 Å². The maximum atomic E-state index is 14.6. The number of aliphatic hydroxyl groups is 1. The molecule has 1 aromatic heterocycles. The van der Waals surface area contributed by atoms with E-state index in [2.05, 4.69) is 10.1 Å². The van der Waals surface area contributed by atoms with E-state index in [0.29, 0.717) is 31.0 Å². The molecule has 3 aromatic rings. The summed E-state index contributed by atoms with van der Waals surface area (Å²) < 4.78 is 35.1. The lowest BCUT2D eigenvalue weighted by atomic mass is 9.91. The van der Waals surface area contributed by atoms with Crippen molar-refractivity contribution in [2.75, 3.05) is 19.6 Å². The van der Waals surface area contributed by atoms with Gasteiger partial charge in [-0.3, -0.25) is 4.90 Å². The Morgan fingerprint density at radius 3 is 2.66 bits per heavy atom. The molecule has 1 N–H and O–H groups in total. The van der Waals surface area contributed by atoms with Crippen LogP contribution in [0.4, 0.5) is 8.78 Å². The molecule has 2 aromatic carbocycles. The Bertz CT molecular complexity index is 1180. The third kappa shape index (κ3) is 6.50. The van der Waals surface area contributed by atoms with Gasteiger partial charge >= 0.3 is 5.97 Å². The van der Waals surface area contributed by atoms with Crippen LogP contribution in [-0.2, 0) is 21.7 Å². The molecule has 1 atom stereocenters. The fourth-order valence-corrected chi connectivity index (χ4v) is 4.40. The summed E-state index contributed by atoms with van der Waals surface area (Å²) >= 11 is 6.09. The highest BCUT2D eigenvalue weighted by Crippen LogP contribution is 2.29. The van der Waals surface area contributed by atoms with Crippen molar-refractivity contribution in [1.29, 1.82) is 0 Å². The fraction of sp³-hybridized carbons (Fsp3) is 0.320. The predicted octanol–water partition coefficient (Wildman–Crippen LogP) is 3.82. The first kappa shape index (κ1) is 25.0. The van der Waals surface area contributed by atoms with Gasteiger partial charge in [0.25, 0.3) is 0 Å². The Morgan fingerprint density at radius 1 is 1.20 bits per heavy atom. The molecule has 0 amide bonds. The summed E-state index contributed by atoms with van der Waals surface area (Å²) in [5, 5.41) is 16.0. The van der Waals surface area contributed by atoms with Crippen molar-refractivity contribution < 1.29 is 23.4 Å². The van der Waals surface area contributed by atoms with E-state index >= 15 is 0 Å². The molecule has 0 saturated carbocycles. The van der Waals surface area contributed by atoms with Crippen molar-refractivity contribution in [1.82, 2.24) is 19.7 Å². The number of piperidine rings is 1. The molecule has 1 aliphatic rings. The zero-order valence-corrected chi connectivity index (χ0v) is 19.6. The highest BCUT2D eigenvalue weighted by molar-refractivity contribution is 6.32. The quantitative estimate of drug-likeness (QED) is 0.372. The molecule has 1 aliphatic heterocycles. The Kier molecular flexibility index (Phi) is 7.90. The van der Waals surface area contributed by atoms with Gasteiger partial charge in [-0.2, -0.15) is 5.10 Å². The second-order valence-corrected chi connectivity index (χ2v) is 8.92. The molecule has 1 fully saturated rings. The van der Waals surface area contributed by atoms with Gasteiger partial charge in [-0.25, -0.2) is 23.2 Å². The Balaban J connectivity index is 1.37. The lowest BCUT2D eigenvalue weighted by Crippen LogP contribution is -2.48. The first-order chi connectivity index (χ1) is 16.8. The Morgan fingerprint density at radius 2 is 1.97 bits per heavy atom. The van der Waals surface area contributed by atoms with Crippen LogP contribution in [0, 0.1) is 11.6 Å². The van der Waals surface area contributed by atoms with Crippen molar-refractivity contribution in [2.45, 2.75) is 31.1 Å². The number of halogens is 3. The minimum absolute atomic E-state index is 0.0207. The molecule has 1 saturated heterocycles. The van der Waals surface area contributed by atoms with Crippen molar-refractivity contribution in [3.05, 3.63) is 89.0 Å². The largest absolute Gasteiger partial charge is 0.459 e. The van der Waals surface area contributed by atoms with E-state index in [1.807, 2.05) is 17.0 Å². The molecule has 2 heterocycles. The van der Waals surface area contributed by atoms with Crippen LogP contribution in [0.15, 0.2) is 61.2 Å². The minimum Gasteiger partial charge on any atom is -0.459 e. The van der Waals surface area contributed by atoms with Gasteiger partial charge in [0.2, 0.25) is 0 Å². The standard InChI is InChI=1S/C25H25ClF2N4O3/c26-22-4-2-1-3-18(22)5-8-24(33)35-20-9-11-31(12-10-20)14-25(34,15-32-17-29-16-30-32)21-7-6-19(27)13-23(21)28/h1-8,13,16-17,20,34H,9-12,14-15H2/b8-5+. The van der Waals surface area contributed by atoms with Gasteiger partial charge in [0.05, 0.1) is 6.54 Å². The predicted molar refractivity (Wildman–Crippen MR) is 126 cm³/mol. The summed E-state index contributed by atoms with van der Waals surface area (Å²) in [7, 11) is 0. The Labute approximate surface area is 206 Å².